The number of aryl methyl sites for hydroxylation is 1. The molecule has 3 N–H and O–H groups in total. The van der Waals surface area contributed by atoms with E-state index < -0.39 is 17.1 Å². The zero-order valence-corrected chi connectivity index (χ0v) is 15.1. The van der Waals surface area contributed by atoms with Crippen molar-refractivity contribution in [2.45, 2.75) is 32.1 Å². The van der Waals surface area contributed by atoms with E-state index in [4.69, 9.17) is 5.84 Å². The van der Waals surface area contributed by atoms with Gasteiger partial charge in [-0.25, -0.2) is 9.18 Å². The molecule has 2 aromatic rings. The first-order valence-electron chi connectivity index (χ1n) is 9.09. The van der Waals surface area contributed by atoms with E-state index in [-0.39, 0.29) is 5.92 Å². The second-order valence-electron chi connectivity index (χ2n) is 7.47. The summed E-state index contributed by atoms with van der Waals surface area (Å²) in [5.74, 6) is 5.75. The number of aromatic nitrogens is 2. The molecule has 4 rings (SSSR count). The van der Waals surface area contributed by atoms with Crippen LogP contribution in [0.2, 0.25) is 0 Å². The van der Waals surface area contributed by atoms with Gasteiger partial charge in [0, 0.05) is 24.2 Å². The Bertz CT molecular complexity index is 992. The molecular formula is C18H24FN5O2. The summed E-state index contributed by atoms with van der Waals surface area (Å²) in [5, 5.41) is 3.17. The van der Waals surface area contributed by atoms with Crippen molar-refractivity contribution >= 4 is 11.2 Å². The molecule has 1 unspecified atom stereocenters. The van der Waals surface area contributed by atoms with Crippen LogP contribution in [0.15, 0.2) is 15.8 Å². The zero-order valence-electron chi connectivity index (χ0n) is 15.1. The molecule has 1 saturated carbocycles. The zero-order chi connectivity index (χ0) is 18.6. The molecule has 2 fully saturated rings. The number of hydrogen-bond acceptors (Lipinski definition) is 5. The third-order valence-corrected chi connectivity index (χ3v) is 5.62. The second kappa shape index (κ2) is 6.12. The van der Waals surface area contributed by atoms with Crippen molar-refractivity contribution < 1.29 is 4.39 Å². The molecule has 2 aromatic heterocycles. The summed E-state index contributed by atoms with van der Waals surface area (Å²) in [6.45, 7) is 4.20. The lowest BCUT2D eigenvalue weighted by atomic mass is 10.1. The smallest absolute Gasteiger partial charge is 0.354 e. The quantitative estimate of drug-likeness (QED) is 0.777. The maximum atomic E-state index is 15.0. The van der Waals surface area contributed by atoms with E-state index in [2.05, 4.69) is 5.32 Å². The average molecular weight is 361 g/mol. The molecule has 0 radical (unpaired) electrons. The van der Waals surface area contributed by atoms with Crippen LogP contribution in [0.3, 0.4) is 0 Å². The van der Waals surface area contributed by atoms with Crippen molar-refractivity contribution in [3.8, 4) is 0 Å². The van der Waals surface area contributed by atoms with Gasteiger partial charge in [-0.2, -0.15) is 4.68 Å². The molecule has 140 valence electrons. The maximum absolute atomic E-state index is 15.0. The third kappa shape index (κ3) is 2.51. The highest BCUT2D eigenvalue weighted by molar-refractivity contribution is 5.72. The lowest BCUT2D eigenvalue weighted by Gasteiger charge is -2.24. The van der Waals surface area contributed by atoms with Gasteiger partial charge in [0.2, 0.25) is 0 Å². The molecule has 1 aliphatic carbocycles. The van der Waals surface area contributed by atoms with E-state index in [1.807, 2.05) is 11.9 Å². The number of nitrogens with one attached hydrogen (secondary N) is 1. The average Bonchev–Trinajstić information content (AvgIpc) is 3.34. The Balaban J connectivity index is 1.94. The molecule has 0 aromatic carbocycles. The first-order valence-corrected chi connectivity index (χ1v) is 9.09. The Hall–Kier alpha value is -2.35. The van der Waals surface area contributed by atoms with Gasteiger partial charge in [0.1, 0.15) is 0 Å². The van der Waals surface area contributed by atoms with Gasteiger partial charge in [-0.05, 0) is 51.6 Å². The minimum Gasteiger partial charge on any atom is -0.369 e. The fourth-order valence-corrected chi connectivity index (χ4v) is 4.25. The summed E-state index contributed by atoms with van der Waals surface area (Å²) < 4.78 is 16.8. The predicted molar refractivity (Wildman–Crippen MR) is 99.0 cm³/mol. The summed E-state index contributed by atoms with van der Waals surface area (Å²) in [4.78, 5) is 27.1. The van der Waals surface area contributed by atoms with Gasteiger partial charge in [0.25, 0.3) is 5.56 Å². The molecule has 3 heterocycles. The topological polar surface area (TPSA) is 84.8 Å². The lowest BCUT2D eigenvalue weighted by molar-refractivity contribution is 0.547. The van der Waals surface area contributed by atoms with Gasteiger partial charge < -0.3 is 16.1 Å². The predicted octanol–water partition coefficient (Wildman–Crippen LogP) is 0.546. The van der Waals surface area contributed by atoms with Crippen molar-refractivity contribution in [2.24, 2.45) is 5.92 Å². The van der Waals surface area contributed by atoms with Crippen LogP contribution in [-0.2, 0) is 0 Å². The van der Waals surface area contributed by atoms with Gasteiger partial charge in [-0.15, -0.1) is 0 Å². The molecule has 1 aliphatic heterocycles. The second-order valence-corrected chi connectivity index (χ2v) is 7.47. The van der Waals surface area contributed by atoms with Crippen LogP contribution in [-0.4, -0.2) is 35.8 Å². The van der Waals surface area contributed by atoms with Crippen molar-refractivity contribution in [3.05, 3.63) is 44.0 Å². The molecular weight excluding hydrogens is 337 g/mol. The summed E-state index contributed by atoms with van der Waals surface area (Å²) in [6, 6.07) is 0. The van der Waals surface area contributed by atoms with Gasteiger partial charge in [0.05, 0.1) is 17.4 Å². The molecule has 1 atom stereocenters. The van der Waals surface area contributed by atoms with Crippen LogP contribution in [0.1, 0.15) is 36.3 Å². The summed E-state index contributed by atoms with van der Waals surface area (Å²) in [6.07, 6.45) is 3.95. The Morgan fingerprint density at radius 3 is 2.69 bits per heavy atom. The van der Waals surface area contributed by atoms with Crippen molar-refractivity contribution in [3.63, 3.8) is 0 Å². The number of fused-ring (bicyclic) bond motifs is 1. The maximum Gasteiger partial charge on any atom is 0.354 e. The highest BCUT2D eigenvalue weighted by Crippen LogP contribution is 2.42. The number of pyridine rings is 1. The van der Waals surface area contributed by atoms with Crippen LogP contribution in [0.4, 0.5) is 10.1 Å². The van der Waals surface area contributed by atoms with Gasteiger partial charge in [-0.3, -0.25) is 9.20 Å². The summed E-state index contributed by atoms with van der Waals surface area (Å²) in [7, 11) is 1.91. The highest BCUT2D eigenvalue weighted by Gasteiger charge is 2.33. The van der Waals surface area contributed by atoms with E-state index in [1.165, 1.54) is 10.6 Å². The van der Waals surface area contributed by atoms with Gasteiger partial charge in [-0.1, -0.05) is 0 Å². The molecule has 26 heavy (non-hydrogen) atoms. The number of anilines is 1. The minimum absolute atomic E-state index is 0.0977. The molecule has 0 spiro atoms. The summed E-state index contributed by atoms with van der Waals surface area (Å²) >= 11 is 0. The number of hydrogen-bond donors (Lipinski definition) is 2. The Morgan fingerprint density at radius 1 is 1.31 bits per heavy atom. The minimum atomic E-state index is -0.711. The molecule has 1 saturated heterocycles. The Labute approximate surface area is 150 Å². The normalized spacial score (nSPS) is 20.3. The third-order valence-electron chi connectivity index (χ3n) is 5.62. The number of nitrogen functional groups attached to an aromatic ring is 1. The van der Waals surface area contributed by atoms with E-state index in [0.29, 0.717) is 32.9 Å². The Kier molecular flexibility index (Phi) is 4.02. The van der Waals surface area contributed by atoms with Gasteiger partial charge >= 0.3 is 5.69 Å². The standard InChI is InChI=1S/C18H24FN5O2/c1-10-15(22-6-5-11(8-22)7-21-2)13(19)9-23-16(10)14(12-3-4-12)17(25)24(20)18(23)26/h9,11-12,21H,3-8,20H2,1-2H3. The van der Waals surface area contributed by atoms with Crippen LogP contribution in [0.25, 0.3) is 5.52 Å². The highest BCUT2D eigenvalue weighted by atomic mass is 19.1. The first kappa shape index (κ1) is 17.1. The lowest BCUT2D eigenvalue weighted by Crippen LogP contribution is -2.44. The fourth-order valence-electron chi connectivity index (χ4n) is 4.25. The first-order chi connectivity index (χ1) is 12.4. The fraction of sp³-hybridized carbons (Fsp3) is 0.556. The van der Waals surface area contributed by atoms with Crippen molar-refractivity contribution in [1.29, 1.82) is 0 Å². The van der Waals surface area contributed by atoms with E-state index in [9.17, 15) is 14.0 Å². The number of rotatable bonds is 4. The molecule has 8 heteroatoms. The van der Waals surface area contributed by atoms with Gasteiger partial charge in [0.15, 0.2) is 5.82 Å². The number of nitrogens with zero attached hydrogens (tertiary/aromatic N) is 3. The SMILES string of the molecule is CNCC1CCN(c2c(F)cn3c(=O)n(N)c(=O)c(C4CC4)c3c2C)C1. The van der Waals surface area contributed by atoms with Crippen molar-refractivity contribution in [2.75, 3.05) is 37.4 Å². The monoisotopic (exact) mass is 361 g/mol. The van der Waals surface area contributed by atoms with E-state index >= 15 is 0 Å². The molecule has 2 aliphatic rings. The van der Waals surface area contributed by atoms with Crippen LogP contribution in [0.5, 0.6) is 0 Å². The largest absolute Gasteiger partial charge is 0.369 e. The van der Waals surface area contributed by atoms with Crippen LogP contribution < -0.4 is 27.3 Å². The Morgan fingerprint density at radius 2 is 2.04 bits per heavy atom. The van der Waals surface area contributed by atoms with Crippen LogP contribution >= 0.6 is 0 Å². The van der Waals surface area contributed by atoms with Crippen LogP contribution in [0, 0.1) is 18.7 Å². The molecule has 7 nitrogen and oxygen atoms in total. The molecule has 0 bridgehead atoms. The van der Waals surface area contributed by atoms with E-state index in [0.717, 1.165) is 38.9 Å². The summed E-state index contributed by atoms with van der Waals surface area (Å²) in [5.41, 5.74) is 1.03. The number of halogens is 1. The van der Waals surface area contributed by atoms with E-state index in [1.54, 1.807) is 6.92 Å². The number of nitrogens with two attached hydrogens (primary N) is 1. The molecule has 0 amide bonds. The van der Waals surface area contributed by atoms with Crippen molar-refractivity contribution in [1.82, 2.24) is 14.4 Å².